The third-order valence-electron chi connectivity index (χ3n) is 4.04. The highest BCUT2D eigenvalue weighted by Gasteiger charge is 2.26. The van der Waals surface area contributed by atoms with Crippen molar-refractivity contribution in [3.8, 4) is 0 Å². The molecule has 8 nitrogen and oxygen atoms in total. The van der Waals surface area contributed by atoms with Gasteiger partial charge in [0.05, 0.1) is 5.56 Å². The molecule has 1 aliphatic heterocycles. The number of ether oxygens (including phenoxy) is 1. The van der Waals surface area contributed by atoms with Gasteiger partial charge in [0.1, 0.15) is 11.1 Å². The van der Waals surface area contributed by atoms with Gasteiger partial charge in [-0.25, -0.2) is 9.59 Å². The molecule has 1 saturated heterocycles. The molecule has 1 amide bonds. The summed E-state index contributed by atoms with van der Waals surface area (Å²) in [6.45, 7) is 7.91. The van der Waals surface area contributed by atoms with Crippen LogP contribution in [-0.4, -0.2) is 58.8 Å². The van der Waals surface area contributed by atoms with Crippen molar-refractivity contribution in [1.82, 2.24) is 9.88 Å². The molecular formula is C18H23N3O5. The van der Waals surface area contributed by atoms with E-state index in [1.165, 1.54) is 12.1 Å². The molecule has 8 heteroatoms. The van der Waals surface area contributed by atoms with Crippen LogP contribution in [0.15, 0.2) is 22.6 Å². The Morgan fingerprint density at radius 2 is 1.96 bits per heavy atom. The van der Waals surface area contributed by atoms with Crippen LogP contribution < -0.4 is 4.90 Å². The second-order valence-corrected chi connectivity index (χ2v) is 7.29. The summed E-state index contributed by atoms with van der Waals surface area (Å²) in [5.74, 6) is -1.01. The van der Waals surface area contributed by atoms with E-state index in [4.69, 9.17) is 14.3 Å². The second kappa shape index (κ2) is 6.86. The molecule has 3 rings (SSSR count). The maximum Gasteiger partial charge on any atom is 0.410 e. The number of aromatic nitrogens is 1. The zero-order chi connectivity index (χ0) is 18.9. The molecule has 2 aromatic rings. The minimum Gasteiger partial charge on any atom is -0.478 e. The van der Waals surface area contributed by atoms with Crippen molar-refractivity contribution >= 4 is 29.2 Å². The molecular weight excluding hydrogens is 338 g/mol. The molecule has 2 heterocycles. The maximum atomic E-state index is 12.2. The van der Waals surface area contributed by atoms with E-state index in [0.29, 0.717) is 43.3 Å². The summed E-state index contributed by atoms with van der Waals surface area (Å²) in [5.41, 5.74) is 0.684. The molecule has 140 valence electrons. The highest BCUT2D eigenvalue weighted by atomic mass is 16.6. The van der Waals surface area contributed by atoms with Crippen molar-refractivity contribution in [2.45, 2.75) is 32.8 Å². The van der Waals surface area contributed by atoms with Gasteiger partial charge in [-0.1, -0.05) is 0 Å². The molecule has 0 atom stereocenters. The van der Waals surface area contributed by atoms with E-state index in [1.807, 2.05) is 25.7 Å². The number of amides is 1. The fourth-order valence-corrected chi connectivity index (χ4v) is 2.80. The first-order valence-electron chi connectivity index (χ1n) is 8.60. The lowest BCUT2D eigenvalue weighted by Gasteiger charge is -2.26. The number of carboxylic acids is 1. The minimum absolute atomic E-state index is 0.159. The number of benzene rings is 1. The predicted molar refractivity (Wildman–Crippen MR) is 95.6 cm³/mol. The number of hydrogen-bond donors (Lipinski definition) is 1. The number of anilines is 1. The molecule has 26 heavy (non-hydrogen) atoms. The van der Waals surface area contributed by atoms with Crippen molar-refractivity contribution in [2.75, 3.05) is 31.1 Å². The highest BCUT2D eigenvalue weighted by Crippen LogP contribution is 2.24. The zero-order valence-corrected chi connectivity index (χ0v) is 15.2. The van der Waals surface area contributed by atoms with Crippen LogP contribution in [0.4, 0.5) is 10.8 Å². The average Bonchev–Trinajstić information content (AvgIpc) is 2.80. The van der Waals surface area contributed by atoms with Gasteiger partial charge in [-0.05, 0) is 45.4 Å². The van der Waals surface area contributed by atoms with E-state index in [0.717, 1.165) is 6.42 Å². The van der Waals surface area contributed by atoms with Gasteiger partial charge >= 0.3 is 12.1 Å². The lowest BCUT2D eigenvalue weighted by molar-refractivity contribution is 0.0263. The van der Waals surface area contributed by atoms with Crippen molar-refractivity contribution in [1.29, 1.82) is 0 Å². The Kier molecular flexibility index (Phi) is 4.76. The Morgan fingerprint density at radius 1 is 1.19 bits per heavy atom. The maximum absolute atomic E-state index is 12.2. The van der Waals surface area contributed by atoms with Gasteiger partial charge in [0.25, 0.3) is 6.01 Å². The van der Waals surface area contributed by atoms with E-state index in [9.17, 15) is 9.59 Å². The van der Waals surface area contributed by atoms with Crippen molar-refractivity contribution in [3.05, 3.63) is 23.8 Å². The van der Waals surface area contributed by atoms with Crippen molar-refractivity contribution in [2.24, 2.45) is 0 Å². The summed E-state index contributed by atoms with van der Waals surface area (Å²) in [6, 6.07) is 5.05. The first-order chi connectivity index (χ1) is 12.2. The topological polar surface area (TPSA) is 96.1 Å². The van der Waals surface area contributed by atoms with E-state index in [2.05, 4.69) is 4.98 Å². The summed E-state index contributed by atoms with van der Waals surface area (Å²) >= 11 is 0. The fraction of sp³-hybridized carbons (Fsp3) is 0.500. The molecule has 0 unspecified atom stereocenters. The minimum atomic E-state index is -1.01. The Labute approximate surface area is 151 Å². The van der Waals surface area contributed by atoms with Crippen LogP contribution in [0.25, 0.3) is 11.1 Å². The zero-order valence-electron chi connectivity index (χ0n) is 15.2. The third-order valence-corrected chi connectivity index (χ3v) is 4.04. The number of carboxylic acid groups (broad SMARTS) is 1. The average molecular weight is 361 g/mol. The molecule has 0 radical (unpaired) electrons. The smallest absolute Gasteiger partial charge is 0.410 e. The number of hydrogen-bond acceptors (Lipinski definition) is 6. The predicted octanol–water partition coefficient (Wildman–Crippen LogP) is 2.97. The van der Waals surface area contributed by atoms with Crippen LogP contribution in [0.5, 0.6) is 0 Å². The second-order valence-electron chi connectivity index (χ2n) is 7.29. The molecule has 0 aliphatic carbocycles. The van der Waals surface area contributed by atoms with Crippen LogP contribution in [0, 0.1) is 0 Å². The third kappa shape index (κ3) is 4.07. The molecule has 1 aromatic carbocycles. The monoisotopic (exact) mass is 361 g/mol. The van der Waals surface area contributed by atoms with Gasteiger partial charge < -0.3 is 24.1 Å². The Morgan fingerprint density at radius 3 is 2.65 bits per heavy atom. The normalized spacial score (nSPS) is 15.8. The summed E-state index contributed by atoms with van der Waals surface area (Å²) < 4.78 is 11.2. The number of nitrogens with zero attached hydrogens (tertiary/aromatic N) is 3. The first kappa shape index (κ1) is 18.0. The fourth-order valence-electron chi connectivity index (χ4n) is 2.80. The van der Waals surface area contributed by atoms with Crippen LogP contribution in [-0.2, 0) is 4.74 Å². The molecule has 1 aliphatic rings. The van der Waals surface area contributed by atoms with Crippen LogP contribution in [0.3, 0.4) is 0 Å². The number of aromatic carboxylic acids is 1. The van der Waals surface area contributed by atoms with Crippen molar-refractivity contribution in [3.63, 3.8) is 0 Å². The van der Waals surface area contributed by atoms with Crippen LogP contribution >= 0.6 is 0 Å². The standard InChI is InChI=1S/C18H23N3O5/c1-18(2,3)26-17(24)21-8-4-7-20(9-10-21)16-19-13-6-5-12(15(22)23)11-14(13)25-16/h5-6,11H,4,7-10H2,1-3H3,(H,22,23). The van der Waals surface area contributed by atoms with Gasteiger partial charge in [0.2, 0.25) is 0 Å². The van der Waals surface area contributed by atoms with Crippen LogP contribution in [0.2, 0.25) is 0 Å². The Balaban J connectivity index is 1.72. The number of fused-ring (bicyclic) bond motifs is 1. The number of carbonyl (C=O) groups excluding carboxylic acids is 1. The van der Waals surface area contributed by atoms with E-state index in [-0.39, 0.29) is 11.7 Å². The van der Waals surface area contributed by atoms with Gasteiger partial charge in [-0.15, -0.1) is 0 Å². The Bertz CT molecular complexity index is 824. The molecule has 1 aromatic heterocycles. The number of carbonyl (C=O) groups is 2. The van der Waals surface area contributed by atoms with Gasteiger partial charge in [0, 0.05) is 26.2 Å². The molecule has 0 bridgehead atoms. The summed E-state index contributed by atoms with van der Waals surface area (Å²) in [4.78, 5) is 31.4. The van der Waals surface area contributed by atoms with Crippen LogP contribution in [0.1, 0.15) is 37.6 Å². The quantitative estimate of drug-likeness (QED) is 0.878. The number of rotatable bonds is 2. The molecule has 1 N–H and O–H groups in total. The van der Waals surface area contributed by atoms with Gasteiger partial charge in [-0.2, -0.15) is 4.98 Å². The van der Waals surface area contributed by atoms with Crippen molar-refractivity contribution < 1.29 is 23.8 Å². The molecule has 0 saturated carbocycles. The van der Waals surface area contributed by atoms with E-state index < -0.39 is 11.6 Å². The van der Waals surface area contributed by atoms with Gasteiger partial charge in [-0.3, -0.25) is 0 Å². The van der Waals surface area contributed by atoms with E-state index >= 15 is 0 Å². The van der Waals surface area contributed by atoms with E-state index in [1.54, 1.807) is 11.0 Å². The summed E-state index contributed by atoms with van der Waals surface area (Å²) in [7, 11) is 0. The largest absolute Gasteiger partial charge is 0.478 e. The first-order valence-corrected chi connectivity index (χ1v) is 8.60. The molecule has 1 fully saturated rings. The SMILES string of the molecule is CC(C)(C)OC(=O)N1CCCN(c2nc3ccc(C(=O)O)cc3o2)CC1. The number of oxazole rings is 1. The lowest BCUT2D eigenvalue weighted by atomic mass is 10.2. The van der Waals surface area contributed by atoms with Gasteiger partial charge in [0.15, 0.2) is 5.58 Å². The summed E-state index contributed by atoms with van der Waals surface area (Å²) in [6.07, 6.45) is 0.446. The molecule has 0 spiro atoms. The summed E-state index contributed by atoms with van der Waals surface area (Å²) in [5, 5.41) is 9.08. The Hall–Kier alpha value is -2.77. The highest BCUT2D eigenvalue weighted by molar-refractivity contribution is 5.92. The lowest BCUT2D eigenvalue weighted by Crippen LogP contribution is -2.39.